The molecule has 0 amide bonds. The summed E-state index contributed by atoms with van der Waals surface area (Å²) < 4.78 is 55.8. The molecule has 0 unspecified atom stereocenters. The number of benzene rings is 2. The molecule has 2 aromatic carbocycles. The van der Waals surface area contributed by atoms with Crippen LogP contribution >= 0.6 is 0 Å². The highest BCUT2D eigenvalue weighted by Crippen LogP contribution is 2.22. The average Bonchev–Trinajstić information content (AvgIpc) is 2.65. The summed E-state index contributed by atoms with van der Waals surface area (Å²) >= 11 is 0. The van der Waals surface area contributed by atoms with Gasteiger partial charge in [0.05, 0.1) is 21.6 Å². The van der Waals surface area contributed by atoms with Crippen LogP contribution in [0.2, 0.25) is 0 Å². The van der Waals surface area contributed by atoms with Gasteiger partial charge in [-0.1, -0.05) is 49.7 Å². The molecule has 5 nitrogen and oxygen atoms in total. The minimum Gasteiger partial charge on any atom is -0.263 e. The van der Waals surface area contributed by atoms with Crippen molar-refractivity contribution in [2.75, 3.05) is 5.75 Å². The van der Waals surface area contributed by atoms with Gasteiger partial charge in [-0.2, -0.15) is 8.42 Å². The lowest BCUT2D eigenvalue weighted by atomic mass is 10.0. The Labute approximate surface area is 168 Å². The van der Waals surface area contributed by atoms with Gasteiger partial charge in [-0.25, -0.2) is 8.42 Å². The molecule has 0 N–H and O–H groups in total. The molecule has 0 aliphatic carbocycles. The van der Waals surface area contributed by atoms with Gasteiger partial charge in [-0.3, -0.25) is 4.18 Å². The monoisotopic (exact) mass is 424 g/mol. The van der Waals surface area contributed by atoms with Gasteiger partial charge in [-0.05, 0) is 56.4 Å². The maximum atomic E-state index is 12.6. The van der Waals surface area contributed by atoms with Crippen LogP contribution < -0.4 is 0 Å². The summed E-state index contributed by atoms with van der Waals surface area (Å²) in [6.07, 6.45) is 0.661. The summed E-state index contributed by atoms with van der Waals surface area (Å²) in [5.41, 5.74) is 0.948. The van der Waals surface area contributed by atoms with Crippen LogP contribution in [0.25, 0.3) is 0 Å². The fourth-order valence-electron chi connectivity index (χ4n) is 2.73. The molecule has 0 bridgehead atoms. The van der Waals surface area contributed by atoms with Crippen molar-refractivity contribution in [3.05, 3.63) is 60.2 Å². The van der Waals surface area contributed by atoms with Crippen LogP contribution in [0.1, 0.15) is 38.7 Å². The van der Waals surface area contributed by atoms with E-state index in [0.29, 0.717) is 12.3 Å². The van der Waals surface area contributed by atoms with E-state index in [1.54, 1.807) is 42.5 Å². The second-order valence-corrected chi connectivity index (χ2v) is 11.1. The van der Waals surface area contributed by atoms with Crippen molar-refractivity contribution in [2.24, 2.45) is 5.92 Å². The number of sulfone groups is 1. The van der Waals surface area contributed by atoms with Crippen LogP contribution in [0.15, 0.2) is 64.4 Å². The minimum absolute atomic E-state index is 0.0820. The highest BCUT2D eigenvalue weighted by Gasteiger charge is 2.24. The number of hydrogen-bond acceptors (Lipinski definition) is 5. The predicted octanol–water partition coefficient (Wildman–Crippen LogP) is 4.37. The molecule has 0 spiro atoms. The maximum absolute atomic E-state index is 12.6. The van der Waals surface area contributed by atoms with E-state index in [2.05, 4.69) is 0 Å². The van der Waals surface area contributed by atoms with Crippen molar-refractivity contribution >= 4 is 20.0 Å². The van der Waals surface area contributed by atoms with Crippen LogP contribution in [-0.2, 0) is 24.1 Å². The molecule has 28 heavy (non-hydrogen) atoms. The molecule has 0 heterocycles. The first-order chi connectivity index (χ1) is 13.1. The quantitative estimate of drug-likeness (QED) is 0.529. The Kier molecular flexibility index (Phi) is 7.80. The zero-order valence-electron chi connectivity index (χ0n) is 16.5. The zero-order valence-corrected chi connectivity index (χ0v) is 18.2. The first-order valence-corrected chi connectivity index (χ1v) is 12.4. The first kappa shape index (κ1) is 22.6. The summed E-state index contributed by atoms with van der Waals surface area (Å²) in [4.78, 5) is 0.317. The minimum atomic E-state index is -3.95. The summed E-state index contributed by atoms with van der Waals surface area (Å²) in [5, 5.41) is 0. The highest BCUT2D eigenvalue weighted by molar-refractivity contribution is 7.91. The van der Waals surface area contributed by atoms with E-state index in [4.69, 9.17) is 4.18 Å². The molecule has 0 radical (unpaired) electrons. The van der Waals surface area contributed by atoms with Gasteiger partial charge in [0, 0.05) is 0 Å². The van der Waals surface area contributed by atoms with E-state index in [0.717, 1.165) is 12.0 Å². The Morgan fingerprint density at radius 2 is 1.39 bits per heavy atom. The molecule has 2 aromatic rings. The van der Waals surface area contributed by atoms with Crippen LogP contribution in [0, 0.1) is 12.8 Å². The molecule has 0 aliphatic heterocycles. The van der Waals surface area contributed by atoms with Crippen molar-refractivity contribution in [3.63, 3.8) is 0 Å². The molecule has 0 saturated carbocycles. The lowest BCUT2D eigenvalue weighted by Gasteiger charge is -2.19. The van der Waals surface area contributed by atoms with Crippen molar-refractivity contribution in [3.8, 4) is 0 Å². The maximum Gasteiger partial charge on any atom is 0.297 e. The predicted molar refractivity (Wildman–Crippen MR) is 110 cm³/mol. The van der Waals surface area contributed by atoms with Crippen molar-refractivity contribution in [1.29, 1.82) is 0 Å². The Balaban J connectivity index is 2.14. The van der Waals surface area contributed by atoms with Crippen LogP contribution in [-0.4, -0.2) is 28.7 Å². The fourth-order valence-corrected chi connectivity index (χ4v) is 5.24. The van der Waals surface area contributed by atoms with E-state index >= 15 is 0 Å². The van der Waals surface area contributed by atoms with E-state index in [-0.39, 0.29) is 22.0 Å². The SMILES string of the molecule is Cc1ccc(S(=O)(=O)O[C@H](CCC(C)C)CCS(=O)(=O)c2ccccc2)cc1. The molecule has 0 aromatic heterocycles. The molecule has 1 atom stereocenters. The van der Waals surface area contributed by atoms with Gasteiger partial charge in [0.2, 0.25) is 0 Å². The molecule has 154 valence electrons. The van der Waals surface area contributed by atoms with Gasteiger partial charge >= 0.3 is 0 Å². The molecular weight excluding hydrogens is 396 g/mol. The normalized spacial score (nSPS) is 13.6. The molecule has 0 saturated heterocycles. The van der Waals surface area contributed by atoms with Crippen molar-refractivity contribution < 1.29 is 21.0 Å². The molecule has 7 heteroatoms. The molecule has 0 fully saturated rings. The largest absolute Gasteiger partial charge is 0.297 e. The topological polar surface area (TPSA) is 77.5 Å². The number of hydrogen-bond donors (Lipinski definition) is 0. The molecule has 2 rings (SSSR count). The Morgan fingerprint density at radius 1 is 0.786 bits per heavy atom. The van der Waals surface area contributed by atoms with Crippen molar-refractivity contribution in [2.45, 2.75) is 55.9 Å². The van der Waals surface area contributed by atoms with E-state index in [1.165, 1.54) is 12.1 Å². The van der Waals surface area contributed by atoms with Gasteiger partial charge in [-0.15, -0.1) is 0 Å². The third kappa shape index (κ3) is 6.72. The van der Waals surface area contributed by atoms with Gasteiger partial charge in [0.15, 0.2) is 9.84 Å². The summed E-state index contributed by atoms with van der Waals surface area (Å²) in [5.74, 6) is 0.197. The van der Waals surface area contributed by atoms with Crippen LogP contribution in [0.4, 0.5) is 0 Å². The second-order valence-electron chi connectivity index (χ2n) is 7.38. The van der Waals surface area contributed by atoms with Crippen molar-refractivity contribution in [1.82, 2.24) is 0 Å². The lowest BCUT2D eigenvalue weighted by molar-refractivity contribution is 0.186. The summed E-state index contributed by atoms with van der Waals surface area (Å²) in [6.45, 7) is 5.94. The molecular formula is C21H28O5S2. The lowest BCUT2D eigenvalue weighted by Crippen LogP contribution is -2.23. The third-order valence-electron chi connectivity index (χ3n) is 4.45. The average molecular weight is 425 g/mol. The van der Waals surface area contributed by atoms with E-state index < -0.39 is 26.1 Å². The Hall–Kier alpha value is -1.70. The number of rotatable bonds is 10. The Bertz CT molecular complexity index is 948. The zero-order chi connectivity index (χ0) is 20.8. The van der Waals surface area contributed by atoms with Gasteiger partial charge < -0.3 is 0 Å². The summed E-state index contributed by atoms with van der Waals surface area (Å²) in [6, 6.07) is 14.6. The van der Waals surface area contributed by atoms with E-state index in [1.807, 2.05) is 20.8 Å². The van der Waals surface area contributed by atoms with Crippen LogP contribution in [0.3, 0.4) is 0 Å². The van der Waals surface area contributed by atoms with E-state index in [9.17, 15) is 16.8 Å². The van der Waals surface area contributed by atoms with Crippen LogP contribution in [0.5, 0.6) is 0 Å². The highest BCUT2D eigenvalue weighted by atomic mass is 32.2. The second kappa shape index (κ2) is 9.67. The number of aryl methyl sites for hydroxylation is 1. The smallest absolute Gasteiger partial charge is 0.263 e. The fraction of sp³-hybridized carbons (Fsp3) is 0.429. The van der Waals surface area contributed by atoms with Gasteiger partial charge in [0.25, 0.3) is 10.1 Å². The third-order valence-corrected chi connectivity index (χ3v) is 7.59. The standard InChI is InChI=1S/C21H28O5S2/c1-17(2)9-12-19(15-16-27(22,23)20-7-5-4-6-8-20)26-28(24,25)21-13-10-18(3)11-14-21/h4-8,10-11,13-14,17,19H,9,12,15-16H2,1-3H3/t19-/m1/s1. The Morgan fingerprint density at radius 3 is 1.96 bits per heavy atom. The summed E-state index contributed by atoms with van der Waals surface area (Å²) in [7, 11) is -7.45. The molecule has 0 aliphatic rings. The first-order valence-electron chi connectivity index (χ1n) is 9.38. The van der Waals surface area contributed by atoms with Gasteiger partial charge in [0.1, 0.15) is 0 Å².